The predicted molar refractivity (Wildman–Crippen MR) is 87.9 cm³/mol. The Morgan fingerprint density at radius 1 is 1.10 bits per heavy atom. The lowest BCUT2D eigenvalue weighted by Gasteiger charge is -2.27. The second kappa shape index (κ2) is 5.86. The fourth-order valence-electron chi connectivity index (χ4n) is 2.40. The van der Waals surface area contributed by atoms with Crippen molar-refractivity contribution in [1.29, 1.82) is 0 Å². The molecule has 0 bridgehead atoms. The minimum absolute atomic E-state index is 0.0722. The standard InChI is InChI=1S/C18H24N2O/c1-12(20-17(21)16(19)18(2,3)4)14-11-7-9-13-8-5-6-10-15(13)14/h5-12,16H,19H2,1-4H3,(H,20,21)/t12?,16-/m0/s1. The number of amides is 1. The van der Waals surface area contributed by atoms with Gasteiger partial charge in [-0.2, -0.15) is 0 Å². The van der Waals surface area contributed by atoms with E-state index < -0.39 is 6.04 Å². The van der Waals surface area contributed by atoms with Gasteiger partial charge in [-0.25, -0.2) is 0 Å². The lowest BCUT2D eigenvalue weighted by atomic mass is 9.86. The van der Waals surface area contributed by atoms with Crippen molar-refractivity contribution in [2.45, 2.75) is 39.8 Å². The summed E-state index contributed by atoms with van der Waals surface area (Å²) in [5, 5.41) is 5.37. The summed E-state index contributed by atoms with van der Waals surface area (Å²) >= 11 is 0. The molecule has 0 aromatic heterocycles. The monoisotopic (exact) mass is 284 g/mol. The smallest absolute Gasteiger partial charge is 0.237 e. The van der Waals surface area contributed by atoms with Crippen molar-refractivity contribution in [1.82, 2.24) is 5.32 Å². The first-order chi connectivity index (χ1) is 9.80. The largest absolute Gasteiger partial charge is 0.348 e. The summed E-state index contributed by atoms with van der Waals surface area (Å²) < 4.78 is 0. The lowest BCUT2D eigenvalue weighted by Crippen LogP contribution is -2.49. The number of rotatable bonds is 3. The Morgan fingerprint density at radius 2 is 1.71 bits per heavy atom. The van der Waals surface area contributed by atoms with E-state index in [1.807, 2.05) is 45.9 Å². The molecular weight excluding hydrogens is 260 g/mol. The molecule has 0 heterocycles. The zero-order valence-corrected chi connectivity index (χ0v) is 13.2. The second-order valence-corrected chi connectivity index (χ2v) is 6.64. The van der Waals surface area contributed by atoms with E-state index >= 15 is 0 Å². The Morgan fingerprint density at radius 3 is 2.38 bits per heavy atom. The number of hydrogen-bond donors (Lipinski definition) is 2. The molecule has 2 atom stereocenters. The highest BCUT2D eigenvalue weighted by molar-refractivity contribution is 5.87. The van der Waals surface area contributed by atoms with E-state index in [9.17, 15) is 4.79 Å². The first kappa shape index (κ1) is 15.5. The van der Waals surface area contributed by atoms with Crippen LogP contribution in [0.5, 0.6) is 0 Å². The number of nitrogens with one attached hydrogen (secondary N) is 1. The van der Waals surface area contributed by atoms with Crippen LogP contribution >= 0.6 is 0 Å². The molecule has 3 nitrogen and oxygen atoms in total. The van der Waals surface area contributed by atoms with Crippen LogP contribution in [0.3, 0.4) is 0 Å². The van der Waals surface area contributed by atoms with Gasteiger partial charge in [-0.1, -0.05) is 63.2 Å². The van der Waals surface area contributed by atoms with Gasteiger partial charge >= 0.3 is 0 Å². The van der Waals surface area contributed by atoms with Gasteiger partial charge in [0.15, 0.2) is 0 Å². The highest BCUT2D eigenvalue weighted by Gasteiger charge is 2.28. The molecule has 21 heavy (non-hydrogen) atoms. The molecule has 2 rings (SSSR count). The van der Waals surface area contributed by atoms with Crippen molar-refractivity contribution < 1.29 is 4.79 Å². The molecule has 3 N–H and O–H groups in total. The van der Waals surface area contributed by atoms with Crippen molar-refractivity contribution >= 4 is 16.7 Å². The number of nitrogens with two attached hydrogens (primary N) is 1. The number of carbonyl (C=O) groups is 1. The molecule has 1 amide bonds. The molecule has 0 spiro atoms. The molecule has 1 unspecified atom stereocenters. The van der Waals surface area contributed by atoms with Gasteiger partial charge in [-0.05, 0) is 28.7 Å². The fourth-order valence-corrected chi connectivity index (χ4v) is 2.40. The van der Waals surface area contributed by atoms with Crippen molar-refractivity contribution in [2.24, 2.45) is 11.1 Å². The third-order valence-electron chi connectivity index (χ3n) is 3.86. The third kappa shape index (κ3) is 3.42. The number of hydrogen-bond acceptors (Lipinski definition) is 2. The van der Waals surface area contributed by atoms with Crippen LogP contribution in [0.1, 0.15) is 39.3 Å². The van der Waals surface area contributed by atoms with Crippen LogP contribution in [0, 0.1) is 5.41 Å². The topological polar surface area (TPSA) is 55.1 Å². The van der Waals surface area contributed by atoms with Crippen LogP contribution in [0.15, 0.2) is 42.5 Å². The molecule has 3 heteroatoms. The summed E-state index contributed by atoms with van der Waals surface area (Å²) in [5.74, 6) is -0.108. The molecule has 112 valence electrons. The summed E-state index contributed by atoms with van der Waals surface area (Å²) in [6.45, 7) is 7.91. The van der Waals surface area contributed by atoms with Gasteiger partial charge in [0, 0.05) is 0 Å². The van der Waals surface area contributed by atoms with Gasteiger partial charge in [-0.3, -0.25) is 4.79 Å². The molecule has 0 aliphatic rings. The van der Waals surface area contributed by atoms with Gasteiger partial charge in [0.25, 0.3) is 0 Å². The zero-order valence-electron chi connectivity index (χ0n) is 13.2. The van der Waals surface area contributed by atoms with Crippen molar-refractivity contribution in [3.05, 3.63) is 48.0 Å². The maximum atomic E-state index is 12.3. The van der Waals surface area contributed by atoms with E-state index in [1.165, 1.54) is 5.39 Å². The second-order valence-electron chi connectivity index (χ2n) is 6.64. The Labute approximate surface area is 126 Å². The van der Waals surface area contributed by atoms with Crippen LogP contribution in [0.2, 0.25) is 0 Å². The highest BCUT2D eigenvalue weighted by Crippen LogP contribution is 2.25. The van der Waals surface area contributed by atoms with E-state index in [4.69, 9.17) is 5.73 Å². The van der Waals surface area contributed by atoms with Gasteiger partial charge < -0.3 is 11.1 Å². The third-order valence-corrected chi connectivity index (χ3v) is 3.86. The Balaban J connectivity index is 2.23. The van der Waals surface area contributed by atoms with E-state index in [2.05, 4.69) is 29.6 Å². The molecule has 2 aromatic rings. The first-order valence-electron chi connectivity index (χ1n) is 7.34. The Bertz CT molecular complexity index is 638. The highest BCUT2D eigenvalue weighted by atomic mass is 16.2. The minimum Gasteiger partial charge on any atom is -0.348 e. The van der Waals surface area contributed by atoms with Crippen LogP contribution in [0.25, 0.3) is 10.8 Å². The summed E-state index contributed by atoms with van der Waals surface area (Å²) in [4.78, 5) is 12.3. The average Bonchev–Trinajstić information content (AvgIpc) is 2.44. The lowest BCUT2D eigenvalue weighted by molar-refractivity contribution is -0.125. The number of carbonyl (C=O) groups excluding carboxylic acids is 1. The SMILES string of the molecule is CC(NC(=O)[C@H](N)C(C)(C)C)c1cccc2ccccc12. The van der Waals surface area contributed by atoms with Gasteiger partial charge in [0.1, 0.15) is 0 Å². The molecule has 0 saturated heterocycles. The van der Waals surface area contributed by atoms with E-state index in [0.717, 1.165) is 10.9 Å². The minimum atomic E-state index is -0.519. The van der Waals surface area contributed by atoms with Gasteiger partial charge in [0.2, 0.25) is 5.91 Å². The number of fused-ring (bicyclic) bond motifs is 1. The van der Waals surface area contributed by atoms with E-state index in [0.29, 0.717) is 0 Å². The zero-order chi connectivity index (χ0) is 15.6. The summed E-state index contributed by atoms with van der Waals surface area (Å²) in [6, 6.07) is 13.7. The summed E-state index contributed by atoms with van der Waals surface area (Å²) in [5.41, 5.74) is 6.89. The molecule has 0 radical (unpaired) electrons. The summed E-state index contributed by atoms with van der Waals surface area (Å²) in [7, 11) is 0. The van der Waals surface area contributed by atoms with Crippen LogP contribution in [-0.4, -0.2) is 11.9 Å². The average molecular weight is 284 g/mol. The van der Waals surface area contributed by atoms with Crippen LogP contribution in [-0.2, 0) is 4.79 Å². The normalized spacial score (nSPS) is 14.7. The summed E-state index contributed by atoms with van der Waals surface area (Å²) in [6.07, 6.45) is 0. The molecule has 0 aliphatic carbocycles. The van der Waals surface area contributed by atoms with Crippen LogP contribution < -0.4 is 11.1 Å². The van der Waals surface area contributed by atoms with Crippen molar-refractivity contribution in [3.8, 4) is 0 Å². The van der Waals surface area contributed by atoms with Gasteiger partial charge in [0.05, 0.1) is 12.1 Å². The Kier molecular flexibility index (Phi) is 4.33. The van der Waals surface area contributed by atoms with E-state index in [1.54, 1.807) is 0 Å². The van der Waals surface area contributed by atoms with Gasteiger partial charge in [-0.15, -0.1) is 0 Å². The quantitative estimate of drug-likeness (QED) is 0.907. The van der Waals surface area contributed by atoms with E-state index in [-0.39, 0.29) is 17.4 Å². The maximum Gasteiger partial charge on any atom is 0.237 e. The maximum absolute atomic E-state index is 12.3. The molecule has 0 saturated carbocycles. The first-order valence-corrected chi connectivity index (χ1v) is 7.34. The molecule has 2 aromatic carbocycles. The van der Waals surface area contributed by atoms with Crippen molar-refractivity contribution in [3.63, 3.8) is 0 Å². The van der Waals surface area contributed by atoms with Crippen molar-refractivity contribution in [2.75, 3.05) is 0 Å². The molecular formula is C18H24N2O. The predicted octanol–water partition coefficient (Wildman–Crippen LogP) is 3.39. The Hall–Kier alpha value is -1.87. The number of benzene rings is 2. The fraction of sp³-hybridized carbons (Fsp3) is 0.389. The van der Waals surface area contributed by atoms with Crippen LogP contribution in [0.4, 0.5) is 0 Å². The molecule has 0 aliphatic heterocycles. The molecule has 0 fully saturated rings.